The summed E-state index contributed by atoms with van der Waals surface area (Å²) >= 11 is 0. The van der Waals surface area contributed by atoms with Gasteiger partial charge in [0.2, 0.25) is 11.7 Å². The molecule has 5 rings (SSSR count). The van der Waals surface area contributed by atoms with Crippen molar-refractivity contribution >= 4 is 11.8 Å². The lowest BCUT2D eigenvalue weighted by atomic mass is 10.0. The molecule has 2 fully saturated rings. The number of piperidine rings is 1. The van der Waals surface area contributed by atoms with E-state index in [0.29, 0.717) is 49.1 Å². The first kappa shape index (κ1) is 23.0. The molecule has 0 bridgehead atoms. The van der Waals surface area contributed by atoms with E-state index in [1.807, 2.05) is 30.3 Å². The van der Waals surface area contributed by atoms with Crippen LogP contribution in [0.3, 0.4) is 0 Å². The molecule has 35 heavy (non-hydrogen) atoms. The predicted octanol–water partition coefficient (Wildman–Crippen LogP) is 3.08. The van der Waals surface area contributed by atoms with Gasteiger partial charge >= 0.3 is 0 Å². The lowest BCUT2D eigenvalue weighted by Crippen LogP contribution is -2.41. The van der Waals surface area contributed by atoms with Crippen molar-refractivity contribution in [1.29, 1.82) is 0 Å². The van der Waals surface area contributed by atoms with Gasteiger partial charge in [-0.3, -0.25) is 9.59 Å². The number of ether oxygens (including phenoxy) is 1. The van der Waals surface area contributed by atoms with Gasteiger partial charge in [0.25, 0.3) is 11.8 Å². The number of carbonyl (C=O) groups is 2. The molecule has 2 saturated heterocycles. The van der Waals surface area contributed by atoms with Crippen molar-refractivity contribution in [2.24, 2.45) is 0 Å². The zero-order valence-electron chi connectivity index (χ0n) is 19.4. The number of aromatic nitrogens is 2. The van der Waals surface area contributed by atoms with E-state index in [2.05, 4.69) is 10.1 Å². The number of β-amino-alcohol motifs (C(OH)–C–C–N with tert-alkyl or cyclic N) is 1. The van der Waals surface area contributed by atoms with E-state index in [0.717, 1.165) is 24.8 Å². The number of hydrogen-bond donors (Lipinski definition) is 1. The molecule has 2 amide bonds. The largest absolute Gasteiger partial charge is 0.484 e. The second-order valence-electron chi connectivity index (χ2n) is 8.93. The number of amides is 2. The van der Waals surface area contributed by atoms with Crippen molar-refractivity contribution in [3.05, 3.63) is 66.1 Å². The summed E-state index contributed by atoms with van der Waals surface area (Å²) in [6, 6.07) is 16.0. The van der Waals surface area contributed by atoms with Crippen LogP contribution < -0.4 is 4.74 Å². The first-order valence-corrected chi connectivity index (χ1v) is 12.0. The van der Waals surface area contributed by atoms with E-state index in [1.54, 1.807) is 34.1 Å². The Labute approximate surface area is 203 Å². The van der Waals surface area contributed by atoms with Crippen molar-refractivity contribution in [2.45, 2.75) is 37.8 Å². The maximum Gasteiger partial charge on any atom is 0.261 e. The topological polar surface area (TPSA) is 109 Å². The van der Waals surface area contributed by atoms with Crippen LogP contribution in [0.25, 0.3) is 11.4 Å². The van der Waals surface area contributed by atoms with E-state index < -0.39 is 6.10 Å². The highest BCUT2D eigenvalue weighted by molar-refractivity contribution is 5.94. The number of hydrogen-bond acceptors (Lipinski definition) is 7. The molecule has 9 heteroatoms. The third kappa shape index (κ3) is 5.19. The van der Waals surface area contributed by atoms with Gasteiger partial charge in [-0.1, -0.05) is 35.5 Å². The van der Waals surface area contributed by atoms with Crippen LogP contribution in [0.4, 0.5) is 0 Å². The van der Waals surface area contributed by atoms with Gasteiger partial charge in [0.1, 0.15) is 11.8 Å². The fourth-order valence-corrected chi connectivity index (χ4v) is 4.59. The number of likely N-dealkylation sites (tertiary alicyclic amines) is 2. The molecule has 0 radical (unpaired) electrons. The lowest BCUT2D eigenvalue weighted by molar-refractivity contribution is -0.138. The van der Waals surface area contributed by atoms with Crippen LogP contribution in [-0.4, -0.2) is 69.2 Å². The van der Waals surface area contributed by atoms with Crippen LogP contribution in [0.2, 0.25) is 0 Å². The fourth-order valence-electron chi connectivity index (χ4n) is 4.59. The molecule has 9 nitrogen and oxygen atoms in total. The molecule has 2 aromatic carbocycles. The van der Waals surface area contributed by atoms with Crippen LogP contribution in [0.1, 0.15) is 48.0 Å². The average Bonchev–Trinajstić information content (AvgIpc) is 3.57. The second kappa shape index (κ2) is 10.3. The average molecular weight is 477 g/mol. The predicted molar refractivity (Wildman–Crippen MR) is 127 cm³/mol. The van der Waals surface area contributed by atoms with E-state index in [9.17, 15) is 14.7 Å². The number of aliphatic hydroxyl groups is 1. The number of nitrogens with zero attached hydrogens (tertiary/aromatic N) is 4. The standard InChI is InChI=1S/C26H28N4O5/c31-20-13-15-29(16-20)26(33)19-11-9-18(10-12-19)24-27-25(35-28-24)22-8-4-5-14-30(22)23(32)17-34-21-6-2-1-3-7-21/h1-3,6-7,9-12,20,22,31H,4-5,8,13-17H2. The summed E-state index contributed by atoms with van der Waals surface area (Å²) in [6.45, 7) is 1.48. The number of aliphatic hydroxyl groups excluding tert-OH is 1. The molecular formula is C26H28N4O5. The Kier molecular flexibility index (Phi) is 6.76. The van der Waals surface area contributed by atoms with Gasteiger partial charge in [-0.15, -0.1) is 0 Å². The Morgan fingerprint density at radius 1 is 1.03 bits per heavy atom. The minimum Gasteiger partial charge on any atom is -0.484 e. The van der Waals surface area contributed by atoms with Gasteiger partial charge in [0.05, 0.1) is 6.10 Å². The molecule has 0 saturated carbocycles. The summed E-state index contributed by atoms with van der Waals surface area (Å²) in [5.74, 6) is 1.24. The molecule has 0 spiro atoms. The van der Waals surface area contributed by atoms with Crippen LogP contribution in [0.5, 0.6) is 5.75 Å². The molecule has 1 N–H and O–H groups in total. The van der Waals surface area contributed by atoms with Gasteiger partial charge in [-0.05, 0) is 49.9 Å². The number of benzene rings is 2. The number of rotatable bonds is 6. The van der Waals surface area contributed by atoms with Crippen LogP contribution >= 0.6 is 0 Å². The van der Waals surface area contributed by atoms with Gasteiger partial charge in [0.15, 0.2) is 6.61 Å². The zero-order chi connectivity index (χ0) is 24.2. The molecule has 2 unspecified atom stereocenters. The van der Waals surface area contributed by atoms with Crippen LogP contribution in [-0.2, 0) is 4.79 Å². The maximum absolute atomic E-state index is 12.9. The van der Waals surface area contributed by atoms with E-state index >= 15 is 0 Å². The quantitative estimate of drug-likeness (QED) is 0.582. The Morgan fingerprint density at radius 2 is 1.83 bits per heavy atom. The van der Waals surface area contributed by atoms with Gasteiger partial charge in [-0.25, -0.2) is 0 Å². The summed E-state index contributed by atoms with van der Waals surface area (Å²) in [6.07, 6.45) is 2.78. The molecule has 2 aliphatic rings. The molecule has 1 aromatic heterocycles. The summed E-state index contributed by atoms with van der Waals surface area (Å²) < 4.78 is 11.2. The Morgan fingerprint density at radius 3 is 2.57 bits per heavy atom. The summed E-state index contributed by atoms with van der Waals surface area (Å²) in [5, 5.41) is 13.8. The van der Waals surface area contributed by atoms with Gasteiger partial charge in [0, 0.05) is 30.8 Å². The highest BCUT2D eigenvalue weighted by Gasteiger charge is 2.32. The van der Waals surface area contributed by atoms with Crippen LogP contribution in [0, 0.1) is 0 Å². The monoisotopic (exact) mass is 476 g/mol. The van der Waals surface area contributed by atoms with E-state index in [-0.39, 0.29) is 24.5 Å². The molecule has 3 aromatic rings. The molecule has 182 valence electrons. The third-order valence-corrected chi connectivity index (χ3v) is 6.50. The Balaban J connectivity index is 1.26. The Hall–Kier alpha value is -3.72. The van der Waals surface area contributed by atoms with E-state index in [4.69, 9.17) is 9.26 Å². The van der Waals surface area contributed by atoms with Crippen molar-refractivity contribution in [3.63, 3.8) is 0 Å². The van der Waals surface area contributed by atoms with Gasteiger partial charge in [-0.2, -0.15) is 4.98 Å². The van der Waals surface area contributed by atoms with Crippen molar-refractivity contribution in [3.8, 4) is 17.1 Å². The summed E-state index contributed by atoms with van der Waals surface area (Å²) in [7, 11) is 0. The molecule has 3 heterocycles. The Bertz CT molecular complexity index is 1160. The maximum atomic E-state index is 12.9. The SMILES string of the molecule is O=C(c1ccc(-c2noc(C3CCCCN3C(=O)COc3ccccc3)n2)cc1)N1CCC(O)C1. The fraction of sp³-hybridized carbons (Fsp3) is 0.385. The van der Waals surface area contributed by atoms with Crippen molar-refractivity contribution in [2.75, 3.05) is 26.2 Å². The minimum absolute atomic E-state index is 0.0506. The number of para-hydroxylation sites is 1. The smallest absolute Gasteiger partial charge is 0.261 e. The normalized spacial score (nSPS) is 20.1. The summed E-state index contributed by atoms with van der Waals surface area (Å²) in [4.78, 5) is 33.5. The first-order valence-electron chi connectivity index (χ1n) is 12.0. The highest BCUT2D eigenvalue weighted by Crippen LogP contribution is 2.31. The van der Waals surface area contributed by atoms with Crippen molar-refractivity contribution in [1.82, 2.24) is 19.9 Å². The highest BCUT2D eigenvalue weighted by atomic mass is 16.5. The molecular weight excluding hydrogens is 448 g/mol. The number of carbonyl (C=O) groups excluding carboxylic acids is 2. The van der Waals surface area contributed by atoms with E-state index in [1.165, 1.54) is 0 Å². The van der Waals surface area contributed by atoms with Crippen molar-refractivity contribution < 1.29 is 24.0 Å². The van der Waals surface area contributed by atoms with Crippen LogP contribution in [0.15, 0.2) is 59.1 Å². The molecule has 2 aliphatic heterocycles. The zero-order valence-corrected chi connectivity index (χ0v) is 19.4. The van der Waals surface area contributed by atoms with Gasteiger partial charge < -0.3 is 24.2 Å². The minimum atomic E-state index is -0.452. The third-order valence-electron chi connectivity index (χ3n) is 6.50. The molecule has 2 atom stereocenters. The lowest BCUT2D eigenvalue weighted by Gasteiger charge is -2.33. The summed E-state index contributed by atoms with van der Waals surface area (Å²) in [5.41, 5.74) is 1.27. The second-order valence-corrected chi connectivity index (χ2v) is 8.93. The molecule has 0 aliphatic carbocycles. The first-order chi connectivity index (χ1) is 17.1.